The molecule has 1 aromatic carbocycles. The lowest BCUT2D eigenvalue weighted by Crippen LogP contribution is -2.36. The number of nitrogens with zero attached hydrogens (tertiary/aromatic N) is 2. The van der Waals surface area contributed by atoms with Crippen molar-refractivity contribution in [2.45, 2.75) is 32.7 Å². The molecule has 1 heterocycles. The zero-order valence-electron chi connectivity index (χ0n) is 11.9. The van der Waals surface area contributed by atoms with Crippen molar-refractivity contribution in [2.24, 2.45) is 5.73 Å². The van der Waals surface area contributed by atoms with Crippen molar-refractivity contribution in [1.82, 2.24) is 15.2 Å². The highest BCUT2D eigenvalue weighted by atomic mass is 16.1. The first-order valence-corrected chi connectivity index (χ1v) is 6.42. The highest BCUT2D eigenvalue weighted by molar-refractivity contribution is 5.95. The molecule has 1 amide bonds. The van der Waals surface area contributed by atoms with E-state index in [0.29, 0.717) is 11.5 Å². The van der Waals surface area contributed by atoms with Crippen LogP contribution in [-0.2, 0) is 4.79 Å². The Hall–Kier alpha value is -2.21. The van der Waals surface area contributed by atoms with Gasteiger partial charge in [0.2, 0.25) is 5.91 Å². The molecule has 0 unspecified atom stereocenters. The molecule has 106 valence electrons. The number of aromatic amines is 1. The summed E-state index contributed by atoms with van der Waals surface area (Å²) >= 11 is 0. The molecule has 0 spiro atoms. The Balaban J connectivity index is 2.23. The van der Waals surface area contributed by atoms with Crippen molar-refractivity contribution in [3.05, 3.63) is 30.1 Å². The van der Waals surface area contributed by atoms with Crippen LogP contribution in [0.4, 0.5) is 5.69 Å². The fourth-order valence-corrected chi connectivity index (χ4v) is 1.86. The first-order valence-electron chi connectivity index (χ1n) is 6.42. The van der Waals surface area contributed by atoms with Gasteiger partial charge in [-0.05, 0) is 32.9 Å². The number of para-hydroxylation sites is 1. The summed E-state index contributed by atoms with van der Waals surface area (Å²) in [7, 11) is 0. The minimum atomic E-state index is -0.541. The monoisotopic (exact) mass is 273 g/mol. The van der Waals surface area contributed by atoms with Crippen molar-refractivity contribution >= 4 is 11.6 Å². The highest BCUT2D eigenvalue weighted by Gasteiger charge is 2.18. The highest BCUT2D eigenvalue weighted by Crippen LogP contribution is 2.25. The summed E-state index contributed by atoms with van der Waals surface area (Å²) < 4.78 is 0. The van der Waals surface area contributed by atoms with Crippen molar-refractivity contribution in [1.29, 1.82) is 0 Å². The largest absolute Gasteiger partial charge is 0.325 e. The van der Waals surface area contributed by atoms with Crippen LogP contribution in [0.15, 0.2) is 24.3 Å². The molecule has 0 radical (unpaired) electrons. The Kier molecular flexibility index (Phi) is 3.85. The van der Waals surface area contributed by atoms with Crippen LogP contribution in [0.5, 0.6) is 0 Å². The molecule has 0 fully saturated rings. The number of aromatic nitrogens is 3. The molecule has 2 rings (SSSR count). The number of hydrogen-bond acceptors (Lipinski definition) is 4. The Morgan fingerprint density at radius 2 is 2.10 bits per heavy atom. The number of carbonyl (C=O) groups is 1. The maximum absolute atomic E-state index is 12.0. The van der Waals surface area contributed by atoms with E-state index in [1.165, 1.54) is 0 Å². The van der Waals surface area contributed by atoms with E-state index in [-0.39, 0.29) is 12.3 Å². The van der Waals surface area contributed by atoms with Gasteiger partial charge in [-0.15, -0.1) is 0 Å². The third-order valence-corrected chi connectivity index (χ3v) is 2.66. The second-order valence-corrected chi connectivity index (χ2v) is 5.50. The van der Waals surface area contributed by atoms with Gasteiger partial charge in [0.15, 0.2) is 5.82 Å². The van der Waals surface area contributed by atoms with Gasteiger partial charge in [-0.2, -0.15) is 5.10 Å². The Labute approximate surface area is 117 Å². The van der Waals surface area contributed by atoms with Crippen LogP contribution in [0.25, 0.3) is 11.4 Å². The fourth-order valence-electron chi connectivity index (χ4n) is 1.86. The third-order valence-electron chi connectivity index (χ3n) is 2.66. The van der Waals surface area contributed by atoms with Crippen LogP contribution >= 0.6 is 0 Å². The summed E-state index contributed by atoms with van der Waals surface area (Å²) in [5.74, 6) is 1.16. The minimum Gasteiger partial charge on any atom is -0.325 e. The van der Waals surface area contributed by atoms with Gasteiger partial charge < -0.3 is 11.1 Å². The average Bonchev–Trinajstić information content (AvgIpc) is 2.74. The predicted octanol–water partition coefficient (Wildman–Crippen LogP) is 1.85. The SMILES string of the molecule is Cc1nc(-c2ccccc2NC(=O)CC(C)(C)N)n[nH]1. The van der Waals surface area contributed by atoms with Crippen molar-refractivity contribution in [3.63, 3.8) is 0 Å². The van der Waals surface area contributed by atoms with Gasteiger partial charge in [-0.1, -0.05) is 12.1 Å². The summed E-state index contributed by atoms with van der Waals surface area (Å²) in [5.41, 5.74) is 6.77. The van der Waals surface area contributed by atoms with Gasteiger partial charge in [0.25, 0.3) is 0 Å². The Morgan fingerprint density at radius 3 is 2.70 bits per heavy atom. The maximum Gasteiger partial charge on any atom is 0.226 e. The molecular weight excluding hydrogens is 254 g/mol. The van der Waals surface area contributed by atoms with E-state index in [1.54, 1.807) is 0 Å². The molecule has 0 aliphatic rings. The molecule has 2 aromatic rings. The van der Waals surface area contributed by atoms with Crippen LogP contribution in [0.2, 0.25) is 0 Å². The molecule has 1 aromatic heterocycles. The fraction of sp³-hybridized carbons (Fsp3) is 0.357. The third kappa shape index (κ3) is 3.64. The van der Waals surface area contributed by atoms with Crippen molar-refractivity contribution < 1.29 is 4.79 Å². The summed E-state index contributed by atoms with van der Waals surface area (Å²) in [6.45, 7) is 5.46. The van der Waals surface area contributed by atoms with Crippen LogP contribution in [-0.4, -0.2) is 26.6 Å². The Morgan fingerprint density at radius 1 is 1.40 bits per heavy atom. The van der Waals surface area contributed by atoms with E-state index in [9.17, 15) is 4.79 Å². The number of H-pyrrole nitrogens is 1. The van der Waals surface area contributed by atoms with E-state index in [2.05, 4.69) is 20.5 Å². The molecule has 0 saturated heterocycles. The average molecular weight is 273 g/mol. The molecule has 6 nitrogen and oxygen atoms in total. The molecule has 4 N–H and O–H groups in total. The molecular formula is C14H19N5O. The number of nitrogens with two attached hydrogens (primary N) is 1. The number of benzene rings is 1. The van der Waals surface area contributed by atoms with Gasteiger partial charge in [-0.25, -0.2) is 4.98 Å². The van der Waals surface area contributed by atoms with Crippen molar-refractivity contribution in [2.75, 3.05) is 5.32 Å². The second-order valence-electron chi connectivity index (χ2n) is 5.50. The predicted molar refractivity (Wildman–Crippen MR) is 78.1 cm³/mol. The summed E-state index contributed by atoms with van der Waals surface area (Å²) in [4.78, 5) is 16.3. The van der Waals surface area contributed by atoms with Crippen LogP contribution in [0, 0.1) is 6.92 Å². The smallest absolute Gasteiger partial charge is 0.226 e. The van der Waals surface area contributed by atoms with Gasteiger partial charge >= 0.3 is 0 Å². The van der Waals surface area contributed by atoms with Crippen molar-refractivity contribution in [3.8, 4) is 11.4 Å². The van der Waals surface area contributed by atoms with E-state index in [0.717, 1.165) is 11.4 Å². The first kappa shape index (κ1) is 14.2. The molecule has 0 aliphatic heterocycles. The molecule has 0 atom stereocenters. The number of rotatable bonds is 4. The summed E-state index contributed by atoms with van der Waals surface area (Å²) in [6.07, 6.45) is 0.244. The van der Waals surface area contributed by atoms with Gasteiger partial charge in [0, 0.05) is 17.5 Å². The summed E-state index contributed by atoms with van der Waals surface area (Å²) in [5, 5.41) is 9.77. The number of nitrogens with one attached hydrogen (secondary N) is 2. The zero-order valence-corrected chi connectivity index (χ0v) is 11.9. The lowest BCUT2D eigenvalue weighted by Gasteiger charge is -2.18. The Bertz CT molecular complexity index is 612. The van der Waals surface area contributed by atoms with Crippen LogP contribution in [0.3, 0.4) is 0 Å². The molecule has 6 heteroatoms. The zero-order chi connectivity index (χ0) is 14.8. The number of anilines is 1. The van der Waals surface area contributed by atoms with E-state index >= 15 is 0 Å². The summed E-state index contributed by atoms with van der Waals surface area (Å²) in [6, 6.07) is 7.42. The number of hydrogen-bond donors (Lipinski definition) is 3. The van der Waals surface area contributed by atoms with E-state index < -0.39 is 5.54 Å². The number of amides is 1. The lowest BCUT2D eigenvalue weighted by atomic mass is 10.0. The van der Waals surface area contributed by atoms with Crippen LogP contribution in [0.1, 0.15) is 26.1 Å². The lowest BCUT2D eigenvalue weighted by molar-refractivity contribution is -0.117. The van der Waals surface area contributed by atoms with E-state index in [4.69, 9.17) is 5.73 Å². The van der Waals surface area contributed by atoms with E-state index in [1.807, 2.05) is 45.0 Å². The second kappa shape index (κ2) is 5.42. The topological polar surface area (TPSA) is 96.7 Å². The quantitative estimate of drug-likeness (QED) is 0.792. The van der Waals surface area contributed by atoms with Gasteiger partial charge in [0.1, 0.15) is 5.82 Å². The molecule has 0 saturated carbocycles. The normalized spacial score (nSPS) is 11.4. The molecule has 20 heavy (non-hydrogen) atoms. The maximum atomic E-state index is 12.0. The van der Waals surface area contributed by atoms with Gasteiger partial charge in [-0.3, -0.25) is 9.89 Å². The van der Waals surface area contributed by atoms with Crippen LogP contribution < -0.4 is 11.1 Å². The number of aryl methyl sites for hydroxylation is 1. The van der Waals surface area contributed by atoms with Gasteiger partial charge in [0.05, 0.1) is 5.69 Å². The minimum absolute atomic E-state index is 0.128. The molecule has 0 aliphatic carbocycles. The number of carbonyl (C=O) groups excluding carboxylic acids is 1. The first-order chi connectivity index (χ1) is 9.35. The standard InChI is InChI=1S/C14H19N5O/c1-9-16-13(19-18-9)10-6-4-5-7-11(10)17-12(20)8-14(2,3)15/h4-7H,8,15H2,1-3H3,(H,17,20)(H,16,18,19). The molecule has 0 bridgehead atoms.